The van der Waals surface area contributed by atoms with Crippen LogP contribution >= 0.6 is 0 Å². The van der Waals surface area contributed by atoms with Gasteiger partial charge in [0, 0.05) is 24.8 Å². The summed E-state index contributed by atoms with van der Waals surface area (Å²) in [5.74, 6) is 0.488. The zero-order chi connectivity index (χ0) is 21.0. The number of pyridine rings is 1. The highest BCUT2D eigenvalue weighted by Crippen LogP contribution is 2.19. The first-order valence-corrected chi connectivity index (χ1v) is 10.9. The van der Waals surface area contributed by atoms with Crippen molar-refractivity contribution in [3.63, 3.8) is 0 Å². The number of aromatic nitrogens is 1. The van der Waals surface area contributed by atoms with Crippen molar-refractivity contribution in [2.45, 2.75) is 18.7 Å². The van der Waals surface area contributed by atoms with Crippen molar-refractivity contribution in [3.8, 4) is 0 Å². The molecule has 1 amide bonds. The first kappa shape index (κ1) is 21.2. The predicted octanol–water partition coefficient (Wildman–Crippen LogP) is 1.21. The van der Waals surface area contributed by atoms with Gasteiger partial charge in [-0.3, -0.25) is 9.69 Å². The van der Waals surface area contributed by atoms with E-state index in [0.29, 0.717) is 32.1 Å². The number of aromatic amines is 1. The lowest BCUT2D eigenvalue weighted by molar-refractivity contribution is -0.366. The molecule has 0 atom stereocenters. The molecule has 0 spiro atoms. The smallest absolute Gasteiger partial charge is 0.274 e. The number of anilines is 2. The number of carbonyl (C=O) groups is 1. The summed E-state index contributed by atoms with van der Waals surface area (Å²) >= 11 is 0. The van der Waals surface area contributed by atoms with Gasteiger partial charge in [0.25, 0.3) is 11.7 Å². The summed E-state index contributed by atoms with van der Waals surface area (Å²) < 4.78 is 32.0. The topological polar surface area (TPSA) is 93.1 Å². The van der Waals surface area contributed by atoms with Crippen LogP contribution < -0.4 is 15.2 Å². The molecule has 1 aliphatic heterocycles. The van der Waals surface area contributed by atoms with E-state index in [-0.39, 0.29) is 17.3 Å². The summed E-state index contributed by atoms with van der Waals surface area (Å²) in [7, 11) is -1.78. The van der Waals surface area contributed by atoms with E-state index >= 15 is 0 Å². The van der Waals surface area contributed by atoms with Gasteiger partial charge < -0.3 is 10.1 Å². The third-order valence-corrected chi connectivity index (χ3v) is 6.94. The Kier molecular flexibility index (Phi) is 6.51. The lowest BCUT2D eigenvalue weighted by atomic mass is 10.1. The minimum Gasteiger partial charge on any atom is -0.379 e. The summed E-state index contributed by atoms with van der Waals surface area (Å²) in [5, 5.41) is 2.92. The molecule has 2 heterocycles. The molecule has 156 valence electrons. The highest BCUT2D eigenvalue weighted by atomic mass is 32.2. The molecule has 2 N–H and O–H groups in total. The number of benzene rings is 1. The molecular weight excluding hydrogens is 392 g/mol. The Balaban J connectivity index is 1.64. The summed E-state index contributed by atoms with van der Waals surface area (Å²) in [6.07, 6.45) is 1.46. The van der Waals surface area contributed by atoms with Crippen LogP contribution in [0.5, 0.6) is 0 Å². The van der Waals surface area contributed by atoms with Crippen molar-refractivity contribution in [3.05, 3.63) is 47.7 Å². The van der Waals surface area contributed by atoms with Crippen molar-refractivity contribution < 1.29 is 22.9 Å². The summed E-state index contributed by atoms with van der Waals surface area (Å²) in [6, 6.07) is 8.99. The molecule has 3 rings (SSSR count). The molecule has 1 aliphatic rings. The number of nitrogens with one attached hydrogen (secondary N) is 2. The monoisotopic (exact) mass is 419 g/mol. The second-order valence-electron chi connectivity index (χ2n) is 7.08. The Bertz CT molecular complexity index is 970. The Morgan fingerprint density at radius 2 is 1.93 bits per heavy atom. The molecule has 0 radical (unpaired) electrons. The van der Waals surface area contributed by atoms with Gasteiger partial charge >= 0.3 is 0 Å². The van der Waals surface area contributed by atoms with E-state index in [1.807, 2.05) is 32.0 Å². The van der Waals surface area contributed by atoms with Crippen molar-refractivity contribution >= 4 is 27.4 Å². The first-order chi connectivity index (χ1) is 13.8. The highest BCUT2D eigenvalue weighted by Gasteiger charge is 2.27. The zero-order valence-corrected chi connectivity index (χ0v) is 17.8. The number of rotatable bonds is 6. The fourth-order valence-electron chi connectivity index (χ4n) is 3.11. The van der Waals surface area contributed by atoms with Crippen molar-refractivity contribution in [1.29, 1.82) is 0 Å². The molecule has 0 saturated carbocycles. The molecule has 29 heavy (non-hydrogen) atoms. The summed E-state index contributed by atoms with van der Waals surface area (Å²) in [5.41, 5.74) is 2.94. The summed E-state index contributed by atoms with van der Waals surface area (Å²) in [6.45, 7) is 5.59. The van der Waals surface area contributed by atoms with Crippen molar-refractivity contribution in [2.75, 3.05) is 50.1 Å². The zero-order valence-electron chi connectivity index (χ0n) is 16.9. The van der Waals surface area contributed by atoms with Crippen LogP contribution in [0, 0.1) is 13.8 Å². The van der Waals surface area contributed by atoms with E-state index in [0.717, 1.165) is 16.8 Å². The number of likely N-dealkylation sites (N-methyl/N-ethyl adjacent to an activating group) is 1. The highest BCUT2D eigenvalue weighted by molar-refractivity contribution is 7.89. The SMILES string of the molecule is Cc1cccc(NC(=O)CN(C)c2ccc(S(=O)(=O)N3CCOCC3)c[nH+]2)c1C. The van der Waals surface area contributed by atoms with E-state index < -0.39 is 10.0 Å². The first-order valence-electron chi connectivity index (χ1n) is 9.46. The van der Waals surface area contributed by atoms with Crippen LogP contribution in [0.25, 0.3) is 0 Å². The van der Waals surface area contributed by atoms with Crippen LogP contribution in [0.3, 0.4) is 0 Å². The molecule has 0 unspecified atom stereocenters. The van der Waals surface area contributed by atoms with Crippen LogP contribution in [0.15, 0.2) is 41.4 Å². The number of ether oxygens (including phenoxy) is 1. The maximum absolute atomic E-state index is 12.7. The number of nitrogens with zero attached hydrogens (tertiary/aromatic N) is 2. The minimum atomic E-state index is -3.55. The Morgan fingerprint density at radius 1 is 1.21 bits per heavy atom. The molecule has 0 aliphatic carbocycles. The van der Waals surface area contributed by atoms with Gasteiger partial charge in [0.2, 0.25) is 10.0 Å². The minimum absolute atomic E-state index is 0.124. The average molecular weight is 420 g/mol. The van der Waals surface area contributed by atoms with Crippen LogP contribution in [0.2, 0.25) is 0 Å². The Morgan fingerprint density at radius 3 is 2.59 bits per heavy atom. The number of hydrogen-bond donors (Lipinski definition) is 1. The Hall–Kier alpha value is -2.49. The second-order valence-corrected chi connectivity index (χ2v) is 9.02. The van der Waals surface area contributed by atoms with Crippen LogP contribution in [0.1, 0.15) is 11.1 Å². The van der Waals surface area contributed by atoms with Crippen molar-refractivity contribution in [2.24, 2.45) is 0 Å². The van der Waals surface area contributed by atoms with Gasteiger partial charge in [0.15, 0.2) is 6.54 Å². The van der Waals surface area contributed by atoms with Gasteiger partial charge in [0.1, 0.15) is 11.1 Å². The molecule has 1 saturated heterocycles. The third kappa shape index (κ3) is 4.92. The molecule has 1 aromatic carbocycles. The lowest BCUT2D eigenvalue weighted by Crippen LogP contribution is -2.41. The number of aryl methyl sites for hydroxylation is 1. The van der Waals surface area contributed by atoms with E-state index in [4.69, 9.17) is 4.74 Å². The summed E-state index contributed by atoms with van der Waals surface area (Å²) in [4.78, 5) is 17.3. The second kappa shape index (κ2) is 8.89. The van der Waals surface area contributed by atoms with Gasteiger partial charge in [0.05, 0.1) is 20.3 Å². The van der Waals surface area contributed by atoms with Crippen molar-refractivity contribution in [1.82, 2.24) is 4.31 Å². The molecule has 0 bridgehead atoms. The molecule has 1 fully saturated rings. The van der Waals surface area contributed by atoms with E-state index in [2.05, 4.69) is 10.3 Å². The number of morpholine rings is 1. The molecule has 8 nitrogen and oxygen atoms in total. The van der Waals surface area contributed by atoms with Gasteiger partial charge in [-0.2, -0.15) is 4.31 Å². The largest absolute Gasteiger partial charge is 0.379 e. The number of hydrogen-bond acceptors (Lipinski definition) is 5. The maximum atomic E-state index is 12.7. The lowest BCUT2D eigenvalue weighted by Gasteiger charge is -2.25. The van der Waals surface area contributed by atoms with E-state index in [1.54, 1.807) is 24.1 Å². The van der Waals surface area contributed by atoms with Crippen LogP contribution in [-0.4, -0.2) is 58.5 Å². The van der Waals surface area contributed by atoms with Gasteiger partial charge in [-0.25, -0.2) is 13.4 Å². The predicted molar refractivity (Wildman–Crippen MR) is 110 cm³/mol. The number of amides is 1. The number of H-pyrrole nitrogens is 1. The van der Waals surface area contributed by atoms with Crippen LogP contribution in [-0.2, 0) is 19.6 Å². The fourth-order valence-corrected chi connectivity index (χ4v) is 4.49. The Labute approximate surface area is 171 Å². The molecule has 2 aromatic rings. The quantitative estimate of drug-likeness (QED) is 0.760. The maximum Gasteiger partial charge on any atom is 0.274 e. The van der Waals surface area contributed by atoms with E-state index in [9.17, 15) is 13.2 Å². The van der Waals surface area contributed by atoms with Gasteiger partial charge in [-0.1, -0.05) is 12.1 Å². The number of carbonyl (C=O) groups excluding carboxylic acids is 1. The molecular formula is C20H27N4O4S+. The standard InChI is InChI=1S/C20H26N4O4S/c1-15-5-4-6-18(16(15)2)22-20(25)14-23(3)19-8-7-17(13-21-19)29(26,27)24-9-11-28-12-10-24/h4-8,13H,9-12,14H2,1-3H3,(H,22,25)/p+1. The third-order valence-electron chi connectivity index (χ3n) is 5.05. The van der Waals surface area contributed by atoms with Crippen LogP contribution in [0.4, 0.5) is 11.5 Å². The van der Waals surface area contributed by atoms with E-state index in [1.165, 1.54) is 10.5 Å². The normalized spacial score (nSPS) is 15.1. The fraction of sp³-hybridized carbons (Fsp3) is 0.400. The molecule has 9 heteroatoms. The van der Waals surface area contributed by atoms with Gasteiger partial charge in [-0.15, -0.1) is 0 Å². The van der Waals surface area contributed by atoms with Gasteiger partial charge in [-0.05, 0) is 37.1 Å². The number of sulfonamides is 1. The molecule has 1 aromatic heterocycles. The average Bonchev–Trinajstić information content (AvgIpc) is 2.72.